The summed E-state index contributed by atoms with van der Waals surface area (Å²) in [6.07, 6.45) is 0.409. The number of nitrogens with zero attached hydrogens (tertiary/aromatic N) is 3. The minimum Gasteiger partial charge on any atom is -0.354 e. The number of amides is 1. The summed E-state index contributed by atoms with van der Waals surface area (Å²) in [7, 11) is 0. The molecule has 0 saturated heterocycles. The van der Waals surface area contributed by atoms with Gasteiger partial charge in [-0.2, -0.15) is 13.2 Å². The van der Waals surface area contributed by atoms with E-state index in [1.54, 1.807) is 18.5 Å². The lowest BCUT2D eigenvalue weighted by Gasteiger charge is -2.22. The van der Waals surface area contributed by atoms with Gasteiger partial charge in [0.25, 0.3) is 0 Å². The number of nitrogens with one attached hydrogen (secondary N) is 1. The number of carbonyl (C=O) groups is 1. The zero-order valence-electron chi connectivity index (χ0n) is 11.4. The van der Waals surface area contributed by atoms with Crippen LogP contribution in [-0.2, 0) is 4.79 Å². The zero-order chi connectivity index (χ0) is 15.7. The van der Waals surface area contributed by atoms with Crippen LogP contribution in [-0.4, -0.2) is 46.6 Å². The van der Waals surface area contributed by atoms with Gasteiger partial charge in [-0.25, -0.2) is 9.97 Å². The fourth-order valence-electron chi connectivity index (χ4n) is 1.62. The molecule has 0 aliphatic rings. The average Bonchev–Trinajstić information content (AvgIpc) is 2.42. The molecule has 0 radical (unpaired) electrons. The maximum atomic E-state index is 12.3. The van der Waals surface area contributed by atoms with Crippen LogP contribution in [0.2, 0.25) is 0 Å². The number of carbonyl (C=O) groups excluding carboxylic acids is 1. The first-order chi connectivity index (χ1) is 9.92. The van der Waals surface area contributed by atoms with Crippen molar-refractivity contribution in [3.63, 3.8) is 0 Å². The van der Waals surface area contributed by atoms with E-state index in [-0.39, 0.29) is 13.0 Å². The van der Waals surface area contributed by atoms with E-state index >= 15 is 0 Å². The highest BCUT2D eigenvalue weighted by Gasteiger charge is 2.32. The molecule has 0 bridgehead atoms. The molecule has 0 aliphatic heterocycles. The summed E-state index contributed by atoms with van der Waals surface area (Å²) in [6, 6.07) is 1.67. The number of anilines is 1. The molecule has 0 unspecified atom stereocenters. The molecule has 1 aromatic heterocycles. The van der Waals surface area contributed by atoms with Crippen molar-refractivity contribution in [2.24, 2.45) is 0 Å². The minimum atomic E-state index is -4.41. The van der Waals surface area contributed by atoms with Crippen molar-refractivity contribution in [2.75, 3.05) is 25.0 Å². The average molecular weight is 302 g/mol. The second kappa shape index (κ2) is 8.23. The van der Waals surface area contributed by atoms with Gasteiger partial charge in [-0.05, 0) is 12.5 Å². The maximum absolute atomic E-state index is 12.3. The van der Waals surface area contributed by atoms with E-state index in [2.05, 4.69) is 21.9 Å². The van der Waals surface area contributed by atoms with Gasteiger partial charge in [-0.1, -0.05) is 6.08 Å². The number of hydrogen-bond donors (Lipinski definition) is 1. The molecular formula is C13H17F3N4O. The Morgan fingerprint density at radius 2 is 2.05 bits per heavy atom. The second-order valence-corrected chi connectivity index (χ2v) is 4.28. The molecule has 0 spiro atoms. The van der Waals surface area contributed by atoms with E-state index in [0.29, 0.717) is 18.9 Å². The maximum Gasteiger partial charge on any atom is 0.406 e. The summed E-state index contributed by atoms with van der Waals surface area (Å²) in [5.74, 6) is -0.133. The Morgan fingerprint density at radius 3 is 2.62 bits per heavy atom. The van der Waals surface area contributed by atoms with E-state index in [1.807, 2.05) is 0 Å². The lowest BCUT2D eigenvalue weighted by atomic mass is 10.2. The molecule has 116 valence electrons. The first-order valence-electron chi connectivity index (χ1n) is 6.38. The summed E-state index contributed by atoms with van der Waals surface area (Å²) < 4.78 is 37.0. The normalized spacial score (nSPS) is 11.0. The third kappa shape index (κ3) is 7.28. The largest absolute Gasteiger partial charge is 0.406 e. The third-order valence-electron chi connectivity index (χ3n) is 2.49. The van der Waals surface area contributed by atoms with Gasteiger partial charge < -0.3 is 10.2 Å². The Bertz CT molecular complexity index is 450. The molecule has 1 amide bonds. The number of rotatable bonds is 8. The van der Waals surface area contributed by atoms with Gasteiger partial charge in [0.15, 0.2) is 0 Å². The molecule has 5 nitrogen and oxygen atoms in total. The van der Waals surface area contributed by atoms with E-state index in [9.17, 15) is 18.0 Å². The van der Waals surface area contributed by atoms with Gasteiger partial charge in [0.1, 0.15) is 6.54 Å². The Morgan fingerprint density at radius 1 is 1.38 bits per heavy atom. The first kappa shape index (κ1) is 16.9. The second-order valence-electron chi connectivity index (χ2n) is 4.28. The van der Waals surface area contributed by atoms with Crippen molar-refractivity contribution in [3.8, 4) is 0 Å². The molecule has 8 heteroatoms. The molecule has 1 heterocycles. The van der Waals surface area contributed by atoms with Crippen LogP contribution in [0.25, 0.3) is 0 Å². The summed E-state index contributed by atoms with van der Waals surface area (Å²) in [5, 5.41) is 2.88. The number of alkyl halides is 3. The van der Waals surface area contributed by atoms with E-state index < -0.39 is 18.6 Å². The summed E-state index contributed by atoms with van der Waals surface area (Å²) >= 11 is 0. The van der Waals surface area contributed by atoms with Crippen LogP contribution in [0.1, 0.15) is 12.8 Å². The number of aromatic nitrogens is 2. The van der Waals surface area contributed by atoms with Crippen LogP contribution in [0, 0.1) is 0 Å². The van der Waals surface area contributed by atoms with Crippen molar-refractivity contribution in [3.05, 3.63) is 31.1 Å². The van der Waals surface area contributed by atoms with Gasteiger partial charge in [0.05, 0.1) is 0 Å². The van der Waals surface area contributed by atoms with Crippen molar-refractivity contribution in [1.82, 2.24) is 14.9 Å². The molecule has 0 aliphatic carbocycles. The molecule has 21 heavy (non-hydrogen) atoms. The smallest absolute Gasteiger partial charge is 0.354 e. The monoisotopic (exact) mass is 302 g/mol. The molecule has 0 atom stereocenters. The fraction of sp³-hybridized carbons (Fsp3) is 0.462. The van der Waals surface area contributed by atoms with Crippen molar-refractivity contribution in [2.45, 2.75) is 19.0 Å². The molecule has 1 aromatic rings. The number of hydrogen-bond acceptors (Lipinski definition) is 4. The van der Waals surface area contributed by atoms with Crippen molar-refractivity contribution < 1.29 is 18.0 Å². The molecule has 0 fully saturated rings. The van der Waals surface area contributed by atoms with Crippen LogP contribution in [0.4, 0.5) is 19.1 Å². The van der Waals surface area contributed by atoms with Crippen LogP contribution in [0.5, 0.6) is 0 Å². The van der Waals surface area contributed by atoms with Crippen LogP contribution < -0.4 is 5.32 Å². The Labute approximate surface area is 120 Å². The molecular weight excluding hydrogens is 285 g/mol. The quantitative estimate of drug-likeness (QED) is 0.591. The highest BCUT2D eigenvalue weighted by molar-refractivity contribution is 5.76. The van der Waals surface area contributed by atoms with Crippen molar-refractivity contribution >= 4 is 11.9 Å². The van der Waals surface area contributed by atoms with Crippen molar-refractivity contribution in [1.29, 1.82) is 0 Å². The lowest BCUT2D eigenvalue weighted by molar-refractivity contribution is -0.160. The fourth-order valence-corrected chi connectivity index (χ4v) is 1.62. The van der Waals surface area contributed by atoms with Gasteiger partial charge in [-0.15, -0.1) is 6.58 Å². The molecule has 0 saturated carbocycles. The van der Waals surface area contributed by atoms with Gasteiger partial charge in [0.2, 0.25) is 11.9 Å². The minimum absolute atomic E-state index is 0.0176. The Balaban J connectivity index is 2.34. The SMILES string of the molecule is C=CCN(CC(F)(F)F)C(=O)CCCNc1ncccn1. The summed E-state index contributed by atoms with van der Waals surface area (Å²) in [4.78, 5) is 20.3. The lowest BCUT2D eigenvalue weighted by Crippen LogP contribution is -2.39. The van der Waals surface area contributed by atoms with Crippen LogP contribution >= 0.6 is 0 Å². The predicted molar refractivity (Wildman–Crippen MR) is 72.6 cm³/mol. The molecule has 0 aromatic carbocycles. The highest BCUT2D eigenvalue weighted by atomic mass is 19.4. The Hall–Kier alpha value is -2.12. The van der Waals surface area contributed by atoms with Crippen LogP contribution in [0.3, 0.4) is 0 Å². The van der Waals surface area contributed by atoms with Crippen LogP contribution in [0.15, 0.2) is 31.1 Å². The summed E-state index contributed by atoms with van der Waals surface area (Å²) in [5.41, 5.74) is 0. The zero-order valence-corrected chi connectivity index (χ0v) is 11.4. The predicted octanol–water partition coefficient (Wildman–Crippen LogP) is 2.25. The van der Waals surface area contributed by atoms with E-state index in [1.165, 1.54) is 6.08 Å². The Kier molecular flexibility index (Phi) is 6.64. The van der Waals surface area contributed by atoms with Gasteiger partial charge >= 0.3 is 6.18 Å². The van der Waals surface area contributed by atoms with Gasteiger partial charge in [0, 0.05) is 31.9 Å². The molecule has 1 N–H and O–H groups in total. The highest BCUT2D eigenvalue weighted by Crippen LogP contribution is 2.17. The van der Waals surface area contributed by atoms with E-state index in [4.69, 9.17) is 0 Å². The standard InChI is InChI=1S/C13H17F3N4O/c1-2-9-20(10-13(14,15)16)11(21)5-3-6-17-12-18-7-4-8-19-12/h2,4,7-8H,1,3,5-6,9-10H2,(H,17,18,19). The molecule has 1 rings (SSSR count). The number of halogens is 3. The first-order valence-corrected chi connectivity index (χ1v) is 6.38. The topological polar surface area (TPSA) is 58.1 Å². The summed E-state index contributed by atoms with van der Waals surface area (Å²) in [6.45, 7) is 2.39. The third-order valence-corrected chi connectivity index (χ3v) is 2.49. The van der Waals surface area contributed by atoms with Gasteiger partial charge in [-0.3, -0.25) is 4.79 Å². The van der Waals surface area contributed by atoms with E-state index in [0.717, 1.165) is 4.90 Å².